The molecule has 2 heterocycles. The summed E-state index contributed by atoms with van der Waals surface area (Å²) in [6.07, 6.45) is 5.03. The van der Waals surface area contributed by atoms with Crippen LogP contribution in [0.4, 0.5) is 0 Å². The van der Waals surface area contributed by atoms with E-state index < -0.39 is 0 Å². The average Bonchev–Trinajstić information content (AvgIpc) is 2.60. The molecule has 0 bridgehead atoms. The zero-order valence-electron chi connectivity index (χ0n) is 14.1. The lowest BCUT2D eigenvalue weighted by Gasteiger charge is -2.26. The lowest BCUT2D eigenvalue weighted by atomic mass is 10.1. The smallest absolute Gasteiger partial charge is 0.320 e. The van der Waals surface area contributed by atoms with Gasteiger partial charge in [-0.2, -0.15) is 9.97 Å². The Morgan fingerprint density at radius 3 is 2.50 bits per heavy atom. The van der Waals surface area contributed by atoms with Gasteiger partial charge in [-0.3, -0.25) is 0 Å². The monoisotopic (exact) mass is 348 g/mol. The van der Waals surface area contributed by atoms with Gasteiger partial charge in [-0.15, -0.1) is 12.4 Å². The number of halogens is 1. The number of piperidine rings is 1. The maximum atomic E-state index is 5.75. The minimum absolute atomic E-state index is 0. The molecule has 0 radical (unpaired) electrons. The number of hydrogen-bond donors (Lipinski definition) is 0. The van der Waals surface area contributed by atoms with Crippen molar-refractivity contribution in [2.45, 2.75) is 32.6 Å². The first-order valence-electron chi connectivity index (χ1n) is 8.44. The van der Waals surface area contributed by atoms with Crippen LogP contribution in [-0.2, 0) is 0 Å². The van der Waals surface area contributed by atoms with Gasteiger partial charge < -0.3 is 9.64 Å². The zero-order valence-corrected chi connectivity index (χ0v) is 15.0. The average molecular weight is 349 g/mol. The Labute approximate surface area is 149 Å². The molecule has 0 unspecified atom stereocenters. The number of nitrogens with zero attached hydrogens (tertiary/aromatic N) is 4. The lowest BCUT2D eigenvalue weighted by Crippen LogP contribution is -2.31. The Kier molecular flexibility index (Phi) is 7.40. The maximum Gasteiger partial charge on any atom is 0.320 e. The number of benzene rings is 1. The van der Waals surface area contributed by atoms with Gasteiger partial charge in [0.2, 0.25) is 0 Å². The van der Waals surface area contributed by atoms with Crippen LogP contribution >= 0.6 is 12.4 Å². The van der Waals surface area contributed by atoms with Crippen molar-refractivity contribution in [1.29, 1.82) is 0 Å². The highest BCUT2D eigenvalue weighted by atomic mass is 35.5. The third-order valence-electron chi connectivity index (χ3n) is 4.06. The fourth-order valence-electron chi connectivity index (χ4n) is 2.87. The molecule has 5 nitrogen and oxygen atoms in total. The first-order chi connectivity index (χ1) is 11.3. The maximum absolute atomic E-state index is 5.75. The van der Waals surface area contributed by atoms with Crippen LogP contribution in [0.1, 0.15) is 31.5 Å². The van der Waals surface area contributed by atoms with Crippen molar-refractivity contribution >= 4 is 12.4 Å². The SMILES string of the molecule is Cc1nc(OCCCN2CCCCC2)nc(-c2ccccc2)n1.Cl. The second-order valence-electron chi connectivity index (χ2n) is 5.96. The molecule has 130 valence electrons. The molecule has 0 atom stereocenters. The minimum atomic E-state index is 0. The predicted octanol–water partition coefficient (Wildman–Crippen LogP) is 3.52. The van der Waals surface area contributed by atoms with Crippen molar-refractivity contribution in [2.24, 2.45) is 0 Å². The van der Waals surface area contributed by atoms with Crippen LogP contribution in [-0.4, -0.2) is 46.1 Å². The Morgan fingerprint density at radius 1 is 1.00 bits per heavy atom. The third kappa shape index (κ3) is 5.42. The van der Waals surface area contributed by atoms with Gasteiger partial charge in [-0.1, -0.05) is 36.8 Å². The van der Waals surface area contributed by atoms with E-state index in [0.29, 0.717) is 24.3 Å². The Morgan fingerprint density at radius 2 is 1.75 bits per heavy atom. The van der Waals surface area contributed by atoms with Crippen LogP contribution in [0.15, 0.2) is 30.3 Å². The van der Waals surface area contributed by atoms with Gasteiger partial charge in [0.05, 0.1) is 6.61 Å². The van der Waals surface area contributed by atoms with Crippen molar-refractivity contribution in [3.8, 4) is 17.4 Å². The highest BCUT2D eigenvalue weighted by Crippen LogP contribution is 2.16. The second-order valence-corrected chi connectivity index (χ2v) is 5.96. The van der Waals surface area contributed by atoms with E-state index >= 15 is 0 Å². The molecule has 1 aliphatic rings. The van der Waals surface area contributed by atoms with Gasteiger partial charge in [0, 0.05) is 12.1 Å². The van der Waals surface area contributed by atoms with Crippen LogP contribution in [0.2, 0.25) is 0 Å². The van der Waals surface area contributed by atoms with Crippen molar-refractivity contribution in [3.63, 3.8) is 0 Å². The highest BCUT2D eigenvalue weighted by Gasteiger charge is 2.10. The summed E-state index contributed by atoms with van der Waals surface area (Å²) in [5, 5.41) is 0. The van der Waals surface area contributed by atoms with E-state index in [9.17, 15) is 0 Å². The number of hydrogen-bond acceptors (Lipinski definition) is 5. The summed E-state index contributed by atoms with van der Waals surface area (Å²) in [7, 11) is 0. The van der Waals surface area contributed by atoms with Gasteiger partial charge >= 0.3 is 6.01 Å². The summed E-state index contributed by atoms with van der Waals surface area (Å²) in [4.78, 5) is 15.6. The first-order valence-corrected chi connectivity index (χ1v) is 8.44. The summed E-state index contributed by atoms with van der Waals surface area (Å²) >= 11 is 0. The van der Waals surface area contributed by atoms with Crippen molar-refractivity contribution in [3.05, 3.63) is 36.2 Å². The fraction of sp³-hybridized carbons (Fsp3) is 0.500. The quantitative estimate of drug-likeness (QED) is 0.747. The molecule has 0 amide bonds. The van der Waals surface area contributed by atoms with E-state index in [-0.39, 0.29) is 12.4 Å². The first kappa shape index (κ1) is 18.6. The summed E-state index contributed by atoms with van der Waals surface area (Å²) in [6.45, 7) is 6.06. The van der Waals surface area contributed by atoms with Crippen LogP contribution in [0, 0.1) is 6.92 Å². The molecule has 1 aliphatic heterocycles. The summed E-state index contributed by atoms with van der Waals surface area (Å²) in [6, 6.07) is 10.4. The largest absolute Gasteiger partial charge is 0.463 e. The molecule has 3 rings (SSSR count). The molecule has 0 aliphatic carbocycles. The minimum Gasteiger partial charge on any atom is -0.463 e. The van der Waals surface area contributed by atoms with E-state index in [4.69, 9.17) is 4.74 Å². The van der Waals surface area contributed by atoms with Gasteiger partial charge in [0.15, 0.2) is 5.82 Å². The number of aromatic nitrogens is 3. The number of ether oxygens (including phenoxy) is 1. The zero-order chi connectivity index (χ0) is 15.9. The second kappa shape index (κ2) is 9.55. The lowest BCUT2D eigenvalue weighted by molar-refractivity contribution is 0.200. The Hall–Kier alpha value is -1.72. The van der Waals surface area contributed by atoms with Gasteiger partial charge in [0.1, 0.15) is 5.82 Å². The molecular weight excluding hydrogens is 324 g/mol. The highest BCUT2D eigenvalue weighted by molar-refractivity contribution is 5.85. The third-order valence-corrected chi connectivity index (χ3v) is 4.06. The fourth-order valence-corrected chi connectivity index (χ4v) is 2.87. The van der Waals surface area contributed by atoms with Crippen molar-refractivity contribution in [2.75, 3.05) is 26.2 Å². The molecule has 1 aromatic heterocycles. The Balaban J connectivity index is 0.00000208. The summed E-state index contributed by atoms with van der Waals surface area (Å²) in [5.41, 5.74) is 0.983. The number of rotatable bonds is 6. The predicted molar refractivity (Wildman–Crippen MR) is 97.7 cm³/mol. The van der Waals surface area contributed by atoms with Gasteiger partial charge in [0.25, 0.3) is 0 Å². The Bertz CT molecular complexity index is 618. The van der Waals surface area contributed by atoms with Crippen LogP contribution in [0.3, 0.4) is 0 Å². The normalized spacial score (nSPS) is 14.9. The molecule has 0 spiro atoms. The molecule has 0 N–H and O–H groups in total. The van der Waals surface area contributed by atoms with E-state index in [1.165, 1.54) is 32.4 Å². The van der Waals surface area contributed by atoms with Crippen LogP contribution < -0.4 is 4.74 Å². The molecule has 1 aromatic carbocycles. The summed E-state index contributed by atoms with van der Waals surface area (Å²) < 4.78 is 5.75. The van der Waals surface area contributed by atoms with Crippen LogP contribution in [0.5, 0.6) is 6.01 Å². The number of aryl methyl sites for hydroxylation is 1. The molecule has 2 aromatic rings. The molecule has 6 heteroatoms. The number of likely N-dealkylation sites (tertiary alicyclic amines) is 1. The van der Waals surface area contributed by atoms with E-state index in [1.54, 1.807) is 0 Å². The summed E-state index contributed by atoms with van der Waals surface area (Å²) in [5.74, 6) is 1.36. The van der Waals surface area contributed by atoms with Gasteiger partial charge in [-0.05, 0) is 39.3 Å². The molecule has 1 fully saturated rings. The molecule has 24 heavy (non-hydrogen) atoms. The standard InChI is InChI=1S/C18H24N4O.ClH/c1-15-19-17(16-9-4-2-5-10-16)21-18(20-15)23-14-8-13-22-11-6-3-7-12-22;/h2,4-5,9-10H,3,6-8,11-14H2,1H3;1H. The molecule has 0 saturated carbocycles. The van der Waals surface area contributed by atoms with Crippen molar-refractivity contribution < 1.29 is 4.74 Å². The van der Waals surface area contributed by atoms with Crippen LogP contribution in [0.25, 0.3) is 11.4 Å². The molecular formula is C18H25ClN4O. The van der Waals surface area contributed by atoms with E-state index in [0.717, 1.165) is 18.5 Å². The van der Waals surface area contributed by atoms with Crippen molar-refractivity contribution in [1.82, 2.24) is 19.9 Å². The topological polar surface area (TPSA) is 51.1 Å². The van der Waals surface area contributed by atoms with Gasteiger partial charge in [-0.25, -0.2) is 4.98 Å². The van der Waals surface area contributed by atoms with E-state index in [2.05, 4.69) is 19.9 Å². The van der Waals surface area contributed by atoms with E-state index in [1.807, 2.05) is 37.3 Å². The molecule has 1 saturated heterocycles.